The van der Waals surface area contributed by atoms with Crippen LogP contribution in [0.1, 0.15) is 61.8 Å². The zero-order chi connectivity index (χ0) is 13.9. The Balaban J connectivity index is 4.33. The minimum Gasteiger partial charge on any atom is -0.306 e. The van der Waals surface area contributed by atoms with Crippen molar-refractivity contribution in [3.8, 4) is 0 Å². The minimum absolute atomic E-state index is 0.420. The molecule has 0 heterocycles. The maximum atomic E-state index is 2.49. The van der Waals surface area contributed by atoms with Crippen molar-refractivity contribution in [2.45, 2.75) is 61.8 Å². The van der Waals surface area contributed by atoms with Gasteiger partial charge in [-0.2, -0.15) is 0 Å². The predicted octanol–water partition coefficient (Wildman–Crippen LogP) is 4.67. The van der Waals surface area contributed by atoms with Crippen molar-refractivity contribution in [3.05, 3.63) is 0 Å². The van der Waals surface area contributed by atoms with Gasteiger partial charge in [-0.05, 0) is 36.1 Å². The molecule has 0 bridgehead atoms. The Labute approximate surface area is 110 Å². The van der Waals surface area contributed by atoms with Crippen molar-refractivity contribution in [1.82, 2.24) is 4.90 Å². The first-order chi connectivity index (χ1) is 7.44. The summed E-state index contributed by atoms with van der Waals surface area (Å²) >= 11 is 0. The molecule has 0 saturated carbocycles. The Morgan fingerprint density at radius 1 is 0.882 bits per heavy atom. The summed E-state index contributed by atoms with van der Waals surface area (Å²) in [4.78, 5) is 2.49. The van der Waals surface area contributed by atoms with E-state index in [1.165, 1.54) is 19.5 Å². The summed E-state index contributed by atoms with van der Waals surface area (Å²) in [6, 6.07) is 0. The van der Waals surface area contributed by atoms with Gasteiger partial charge in [0, 0.05) is 13.1 Å². The third-order valence-electron chi connectivity index (χ3n) is 3.58. The van der Waals surface area contributed by atoms with E-state index in [4.69, 9.17) is 0 Å². The van der Waals surface area contributed by atoms with E-state index >= 15 is 0 Å². The Morgan fingerprint density at radius 2 is 1.35 bits per heavy atom. The average Bonchev–Trinajstić information content (AvgIpc) is 1.96. The molecule has 0 saturated heterocycles. The smallest absolute Gasteiger partial charge is 0.000918 e. The Bertz CT molecular complexity index is 210. The molecule has 0 aliphatic heterocycles. The van der Waals surface area contributed by atoms with E-state index in [9.17, 15) is 0 Å². The highest BCUT2D eigenvalue weighted by Gasteiger charge is 2.31. The van der Waals surface area contributed by atoms with Crippen molar-refractivity contribution in [3.63, 3.8) is 0 Å². The lowest BCUT2D eigenvalue weighted by Gasteiger charge is -2.39. The molecule has 17 heavy (non-hydrogen) atoms. The molecule has 0 amide bonds. The lowest BCUT2D eigenvalue weighted by Crippen LogP contribution is -2.36. The number of nitrogens with zero attached hydrogens (tertiary/aromatic N) is 1. The monoisotopic (exact) mass is 241 g/mol. The largest absolute Gasteiger partial charge is 0.306 e. The van der Waals surface area contributed by atoms with Crippen LogP contribution in [0.3, 0.4) is 0 Å². The molecule has 0 radical (unpaired) electrons. The molecule has 0 fully saturated rings. The quantitative estimate of drug-likeness (QED) is 0.653. The van der Waals surface area contributed by atoms with Crippen LogP contribution < -0.4 is 0 Å². The van der Waals surface area contributed by atoms with Crippen LogP contribution in [-0.2, 0) is 0 Å². The van der Waals surface area contributed by atoms with Crippen LogP contribution in [0.4, 0.5) is 0 Å². The summed E-state index contributed by atoms with van der Waals surface area (Å²) in [5.41, 5.74) is 0.845. The van der Waals surface area contributed by atoms with Crippen LogP contribution in [0.2, 0.25) is 0 Å². The number of hydrogen-bond donors (Lipinski definition) is 0. The lowest BCUT2D eigenvalue weighted by molar-refractivity contribution is 0.107. The lowest BCUT2D eigenvalue weighted by atomic mass is 9.69. The van der Waals surface area contributed by atoms with Gasteiger partial charge < -0.3 is 4.90 Å². The molecular formula is C16H35N. The molecule has 1 heteroatoms. The van der Waals surface area contributed by atoms with E-state index in [1.54, 1.807) is 0 Å². The molecule has 0 aliphatic carbocycles. The van der Waals surface area contributed by atoms with Crippen LogP contribution >= 0.6 is 0 Å². The molecule has 0 aliphatic rings. The molecule has 0 N–H and O–H groups in total. The fourth-order valence-corrected chi connectivity index (χ4v) is 2.95. The molecule has 0 rings (SSSR count). The molecular weight excluding hydrogens is 206 g/mol. The third-order valence-corrected chi connectivity index (χ3v) is 3.58. The third kappa shape index (κ3) is 7.81. The molecule has 1 nitrogen and oxygen atoms in total. The van der Waals surface area contributed by atoms with E-state index in [2.05, 4.69) is 67.3 Å². The van der Waals surface area contributed by atoms with Gasteiger partial charge in [0.1, 0.15) is 0 Å². The zero-order valence-corrected chi connectivity index (χ0v) is 13.7. The zero-order valence-electron chi connectivity index (χ0n) is 13.7. The number of hydrogen-bond acceptors (Lipinski definition) is 1. The van der Waals surface area contributed by atoms with Gasteiger partial charge in [0.2, 0.25) is 0 Å². The van der Waals surface area contributed by atoms with E-state index in [-0.39, 0.29) is 0 Å². The highest BCUT2D eigenvalue weighted by Crippen LogP contribution is 2.39. The summed E-state index contributed by atoms with van der Waals surface area (Å²) in [5, 5.41) is 0. The molecule has 0 spiro atoms. The summed E-state index contributed by atoms with van der Waals surface area (Å²) in [6.45, 7) is 21.3. The maximum Gasteiger partial charge on any atom is 0.000918 e. The summed E-state index contributed by atoms with van der Waals surface area (Å²) in [7, 11) is 2.25. The Kier molecular flexibility index (Phi) is 6.21. The van der Waals surface area contributed by atoms with Crippen LogP contribution in [0.15, 0.2) is 0 Å². The second-order valence-corrected chi connectivity index (χ2v) is 8.24. The highest BCUT2D eigenvalue weighted by atomic mass is 15.1. The van der Waals surface area contributed by atoms with Crippen molar-refractivity contribution in [2.24, 2.45) is 22.7 Å². The normalized spacial score (nSPS) is 15.7. The molecule has 0 aromatic heterocycles. The SMILES string of the molecule is CC(C)CN(C)CC(C)C(C)(C)CC(C)(C)C. The fourth-order valence-electron chi connectivity index (χ4n) is 2.95. The summed E-state index contributed by atoms with van der Waals surface area (Å²) < 4.78 is 0. The highest BCUT2D eigenvalue weighted by molar-refractivity contribution is 4.82. The van der Waals surface area contributed by atoms with Gasteiger partial charge in [-0.15, -0.1) is 0 Å². The van der Waals surface area contributed by atoms with Gasteiger partial charge in [-0.1, -0.05) is 55.4 Å². The Hall–Kier alpha value is -0.0400. The van der Waals surface area contributed by atoms with Gasteiger partial charge in [-0.3, -0.25) is 0 Å². The predicted molar refractivity (Wildman–Crippen MR) is 79.4 cm³/mol. The van der Waals surface area contributed by atoms with Crippen LogP contribution in [0.25, 0.3) is 0 Å². The molecule has 1 atom stereocenters. The van der Waals surface area contributed by atoms with E-state index in [1.807, 2.05) is 0 Å². The second-order valence-electron chi connectivity index (χ2n) is 8.24. The van der Waals surface area contributed by atoms with Gasteiger partial charge >= 0.3 is 0 Å². The molecule has 0 aromatic rings. The fraction of sp³-hybridized carbons (Fsp3) is 1.00. The first-order valence-electron chi connectivity index (χ1n) is 7.12. The second kappa shape index (κ2) is 6.22. The van der Waals surface area contributed by atoms with Crippen molar-refractivity contribution < 1.29 is 0 Å². The van der Waals surface area contributed by atoms with Gasteiger partial charge in [-0.25, -0.2) is 0 Å². The molecule has 104 valence electrons. The van der Waals surface area contributed by atoms with Gasteiger partial charge in [0.15, 0.2) is 0 Å². The van der Waals surface area contributed by atoms with E-state index < -0.39 is 0 Å². The topological polar surface area (TPSA) is 3.24 Å². The molecule has 0 aromatic carbocycles. The van der Waals surface area contributed by atoms with E-state index in [0.29, 0.717) is 10.8 Å². The minimum atomic E-state index is 0.420. The standard InChI is InChI=1S/C16H35N/c1-13(2)10-17(9)11-14(3)16(7,8)12-15(4,5)6/h13-14H,10-12H2,1-9H3. The van der Waals surface area contributed by atoms with Crippen molar-refractivity contribution in [1.29, 1.82) is 0 Å². The Morgan fingerprint density at radius 3 is 1.71 bits per heavy atom. The first-order valence-corrected chi connectivity index (χ1v) is 7.12. The maximum absolute atomic E-state index is 2.49. The van der Waals surface area contributed by atoms with Gasteiger partial charge in [0.05, 0.1) is 0 Å². The van der Waals surface area contributed by atoms with Gasteiger partial charge in [0.25, 0.3) is 0 Å². The first kappa shape index (κ1) is 17.0. The van der Waals surface area contributed by atoms with E-state index in [0.717, 1.165) is 11.8 Å². The van der Waals surface area contributed by atoms with Crippen molar-refractivity contribution >= 4 is 0 Å². The average molecular weight is 241 g/mol. The molecule has 1 unspecified atom stereocenters. The van der Waals surface area contributed by atoms with Crippen LogP contribution in [-0.4, -0.2) is 25.0 Å². The summed E-state index contributed by atoms with van der Waals surface area (Å²) in [5.74, 6) is 1.50. The van der Waals surface area contributed by atoms with Crippen LogP contribution in [0.5, 0.6) is 0 Å². The van der Waals surface area contributed by atoms with Crippen molar-refractivity contribution in [2.75, 3.05) is 20.1 Å². The number of rotatable bonds is 6. The van der Waals surface area contributed by atoms with Crippen LogP contribution in [0, 0.1) is 22.7 Å². The summed E-state index contributed by atoms with van der Waals surface area (Å²) in [6.07, 6.45) is 1.29.